The maximum absolute atomic E-state index is 14.4. The van der Waals surface area contributed by atoms with Gasteiger partial charge in [0.1, 0.15) is 5.82 Å². The molecule has 3 aromatic rings. The second-order valence-electron chi connectivity index (χ2n) is 7.14. The molecule has 0 spiro atoms. The maximum Gasteiger partial charge on any atom is 0.275 e. The number of benzene rings is 1. The summed E-state index contributed by atoms with van der Waals surface area (Å²) in [6, 6.07) is 8.13. The van der Waals surface area contributed by atoms with E-state index in [0.717, 1.165) is 37.9 Å². The predicted molar refractivity (Wildman–Crippen MR) is 111 cm³/mol. The van der Waals surface area contributed by atoms with Gasteiger partial charge in [0.15, 0.2) is 0 Å². The zero-order chi connectivity index (χ0) is 20.4. The monoisotopic (exact) mass is 412 g/mol. The molecule has 29 heavy (non-hydrogen) atoms. The molecule has 0 bridgehead atoms. The number of hydrogen-bond acceptors (Lipinski definition) is 7. The lowest BCUT2D eigenvalue weighted by Gasteiger charge is -2.34. The molecule has 1 unspecified atom stereocenters. The SMILES string of the molecule is CCCc1cc(=O)n2nc(NC3CCCN(c4ccc(C#N)cc4F)C3)sc2n1. The van der Waals surface area contributed by atoms with E-state index in [-0.39, 0.29) is 17.4 Å². The highest BCUT2D eigenvalue weighted by molar-refractivity contribution is 7.20. The van der Waals surface area contributed by atoms with Crippen molar-refractivity contribution in [2.24, 2.45) is 0 Å². The van der Waals surface area contributed by atoms with Crippen molar-refractivity contribution in [1.82, 2.24) is 14.6 Å². The summed E-state index contributed by atoms with van der Waals surface area (Å²) in [6.07, 6.45) is 3.52. The van der Waals surface area contributed by atoms with E-state index < -0.39 is 0 Å². The van der Waals surface area contributed by atoms with Gasteiger partial charge >= 0.3 is 0 Å². The van der Waals surface area contributed by atoms with Gasteiger partial charge in [-0.3, -0.25) is 4.79 Å². The Balaban J connectivity index is 1.52. The highest BCUT2D eigenvalue weighted by Gasteiger charge is 2.23. The molecule has 0 radical (unpaired) electrons. The van der Waals surface area contributed by atoms with E-state index in [0.29, 0.717) is 27.9 Å². The summed E-state index contributed by atoms with van der Waals surface area (Å²) >= 11 is 1.35. The molecule has 1 fully saturated rings. The van der Waals surface area contributed by atoms with E-state index in [1.807, 2.05) is 11.0 Å². The maximum atomic E-state index is 14.4. The Morgan fingerprint density at radius 2 is 2.28 bits per heavy atom. The van der Waals surface area contributed by atoms with Crippen LogP contribution >= 0.6 is 11.3 Å². The van der Waals surface area contributed by atoms with Crippen LogP contribution in [0, 0.1) is 17.1 Å². The summed E-state index contributed by atoms with van der Waals surface area (Å²) in [7, 11) is 0. The van der Waals surface area contributed by atoms with Crippen LogP contribution < -0.4 is 15.8 Å². The molecule has 150 valence electrons. The average molecular weight is 412 g/mol. The average Bonchev–Trinajstić information content (AvgIpc) is 3.11. The molecule has 0 aliphatic carbocycles. The zero-order valence-corrected chi connectivity index (χ0v) is 16.9. The number of rotatable bonds is 5. The van der Waals surface area contributed by atoms with Crippen LogP contribution in [0.25, 0.3) is 4.96 Å². The molecular weight excluding hydrogens is 391 g/mol. The van der Waals surface area contributed by atoms with Crippen LogP contribution in [-0.2, 0) is 6.42 Å². The van der Waals surface area contributed by atoms with Gasteiger partial charge in [0, 0.05) is 30.9 Å². The van der Waals surface area contributed by atoms with Crippen LogP contribution in [0.4, 0.5) is 15.2 Å². The van der Waals surface area contributed by atoms with E-state index in [4.69, 9.17) is 5.26 Å². The van der Waals surface area contributed by atoms with E-state index in [1.165, 1.54) is 28.0 Å². The number of aryl methyl sites for hydroxylation is 1. The van der Waals surface area contributed by atoms with Crippen LogP contribution in [0.2, 0.25) is 0 Å². The Hall–Kier alpha value is -2.99. The number of piperidine rings is 1. The van der Waals surface area contributed by atoms with Gasteiger partial charge in [0.25, 0.3) is 5.56 Å². The highest BCUT2D eigenvalue weighted by atomic mass is 32.1. The molecule has 9 heteroatoms. The van der Waals surface area contributed by atoms with Crippen molar-refractivity contribution >= 4 is 27.1 Å². The van der Waals surface area contributed by atoms with Crippen molar-refractivity contribution in [2.75, 3.05) is 23.3 Å². The first-order valence-corrected chi connectivity index (χ1v) is 10.5. The Bertz CT molecular complexity index is 1130. The first-order chi connectivity index (χ1) is 14.1. The van der Waals surface area contributed by atoms with Gasteiger partial charge in [0.05, 0.1) is 17.3 Å². The third kappa shape index (κ3) is 4.07. The lowest BCUT2D eigenvalue weighted by molar-refractivity contribution is 0.518. The van der Waals surface area contributed by atoms with Gasteiger partial charge in [-0.2, -0.15) is 9.78 Å². The number of hydrogen-bond donors (Lipinski definition) is 1. The summed E-state index contributed by atoms with van der Waals surface area (Å²) in [5.74, 6) is -0.385. The molecule has 0 amide bonds. The van der Waals surface area contributed by atoms with Crippen molar-refractivity contribution < 1.29 is 4.39 Å². The number of halogens is 1. The van der Waals surface area contributed by atoms with Crippen molar-refractivity contribution in [3.8, 4) is 6.07 Å². The number of aromatic nitrogens is 3. The van der Waals surface area contributed by atoms with Crippen molar-refractivity contribution in [2.45, 2.75) is 38.6 Å². The molecule has 4 rings (SSSR count). The van der Waals surface area contributed by atoms with Crippen molar-refractivity contribution in [3.05, 3.63) is 51.7 Å². The normalized spacial score (nSPS) is 16.7. The summed E-state index contributed by atoms with van der Waals surface area (Å²) in [5, 5.41) is 17.3. The second-order valence-corrected chi connectivity index (χ2v) is 8.10. The molecule has 7 nitrogen and oxygen atoms in total. The quantitative estimate of drug-likeness (QED) is 0.693. The second kappa shape index (κ2) is 8.17. The molecule has 2 aromatic heterocycles. The van der Waals surface area contributed by atoms with E-state index in [2.05, 4.69) is 22.3 Å². The highest BCUT2D eigenvalue weighted by Crippen LogP contribution is 2.26. The number of nitrogens with one attached hydrogen (secondary N) is 1. The van der Waals surface area contributed by atoms with E-state index >= 15 is 0 Å². The third-order valence-corrected chi connectivity index (χ3v) is 5.81. The lowest BCUT2D eigenvalue weighted by Crippen LogP contribution is -2.42. The lowest BCUT2D eigenvalue weighted by atomic mass is 10.0. The van der Waals surface area contributed by atoms with E-state index in [9.17, 15) is 9.18 Å². The van der Waals surface area contributed by atoms with Crippen molar-refractivity contribution in [3.63, 3.8) is 0 Å². The third-order valence-electron chi connectivity index (χ3n) is 4.97. The van der Waals surface area contributed by atoms with Gasteiger partial charge in [-0.05, 0) is 37.5 Å². The molecular formula is C20H21FN6OS. The summed E-state index contributed by atoms with van der Waals surface area (Å²) in [4.78, 5) is 19.4. The Kier molecular flexibility index (Phi) is 5.45. The predicted octanol–water partition coefficient (Wildman–Crippen LogP) is 3.20. The summed E-state index contributed by atoms with van der Waals surface area (Å²) < 4.78 is 15.7. The van der Waals surface area contributed by atoms with E-state index in [1.54, 1.807) is 12.1 Å². The number of nitrogens with zero attached hydrogens (tertiary/aromatic N) is 5. The van der Waals surface area contributed by atoms with Gasteiger partial charge in [-0.15, -0.1) is 5.10 Å². The van der Waals surface area contributed by atoms with Gasteiger partial charge < -0.3 is 10.2 Å². The minimum absolute atomic E-state index is 0.0742. The zero-order valence-electron chi connectivity index (χ0n) is 16.1. The van der Waals surface area contributed by atoms with Gasteiger partial charge in [-0.1, -0.05) is 24.7 Å². The number of anilines is 2. The fourth-order valence-electron chi connectivity index (χ4n) is 3.62. The van der Waals surface area contributed by atoms with Gasteiger partial charge in [-0.25, -0.2) is 9.37 Å². The molecule has 1 aliphatic rings. The van der Waals surface area contributed by atoms with Crippen LogP contribution in [0.5, 0.6) is 0 Å². The largest absolute Gasteiger partial charge is 0.367 e. The van der Waals surface area contributed by atoms with Gasteiger partial charge in [0.2, 0.25) is 10.1 Å². The number of fused-ring (bicyclic) bond motifs is 1. The minimum Gasteiger partial charge on any atom is -0.367 e. The van der Waals surface area contributed by atoms with Crippen LogP contribution in [0.3, 0.4) is 0 Å². The fraction of sp³-hybridized carbons (Fsp3) is 0.400. The molecule has 3 heterocycles. The fourth-order valence-corrected chi connectivity index (χ4v) is 4.52. The molecule has 1 atom stereocenters. The molecule has 1 aliphatic heterocycles. The van der Waals surface area contributed by atoms with Crippen LogP contribution in [-0.4, -0.2) is 33.7 Å². The molecule has 1 N–H and O–H groups in total. The standard InChI is InChI=1S/C20H21FN6OS/c1-2-4-14-10-18(28)27-20(24-14)29-19(25-27)23-15-5-3-8-26(12-15)17-7-6-13(11-22)9-16(17)21/h6-7,9-10,15H,2-5,8,12H2,1H3,(H,23,25). The molecule has 1 saturated heterocycles. The van der Waals surface area contributed by atoms with Crippen LogP contribution in [0.15, 0.2) is 29.1 Å². The first kappa shape index (κ1) is 19.3. The Morgan fingerprint density at radius 3 is 3.03 bits per heavy atom. The summed E-state index contributed by atoms with van der Waals surface area (Å²) in [5.41, 5.74) is 1.43. The molecule has 0 saturated carbocycles. The minimum atomic E-state index is -0.385. The first-order valence-electron chi connectivity index (χ1n) is 9.68. The smallest absolute Gasteiger partial charge is 0.275 e. The number of nitriles is 1. The summed E-state index contributed by atoms with van der Waals surface area (Å²) in [6.45, 7) is 3.42. The van der Waals surface area contributed by atoms with Crippen molar-refractivity contribution in [1.29, 1.82) is 5.26 Å². The van der Waals surface area contributed by atoms with Crippen LogP contribution in [0.1, 0.15) is 37.4 Å². The Morgan fingerprint density at radius 1 is 1.41 bits per heavy atom. The topological polar surface area (TPSA) is 86.3 Å². The molecule has 1 aromatic carbocycles. The Labute approximate surface area is 171 Å².